The van der Waals surface area contributed by atoms with Crippen LogP contribution in [-0.4, -0.2) is 22.1 Å². The summed E-state index contributed by atoms with van der Waals surface area (Å²) in [6, 6.07) is 7.73. The number of allylic oxidation sites excluding steroid dienone is 1. The highest BCUT2D eigenvalue weighted by Gasteiger charge is 2.15. The third-order valence-corrected chi connectivity index (χ3v) is 3.27. The summed E-state index contributed by atoms with van der Waals surface area (Å²) in [7, 11) is 1.51. The molecule has 23 heavy (non-hydrogen) atoms. The number of rotatable bonds is 3. The molecule has 0 aliphatic carbocycles. The van der Waals surface area contributed by atoms with Crippen LogP contribution >= 0.6 is 0 Å². The molecule has 0 bridgehead atoms. The Morgan fingerprint density at radius 2 is 2.09 bits per heavy atom. The van der Waals surface area contributed by atoms with E-state index in [9.17, 15) is 4.39 Å². The number of halogens is 1. The van der Waals surface area contributed by atoms with Crippen LogP contribution in [0.4, 0.5) is 4.39 Å². The Labute approximate surface area is 135 Å². The zero-order valence-corrected chi connectivity index (χ0v) is 13.6. The van der Waals surface area contributed by atoms with Gasteiger partial charge in [-0.1, -0.05) is 25.1 Å². The molecule has 5 heteroatoms. The van der Waals surface area contributed by atoms with Gasteiger partial charge in [0.25, 0.3) is 0 Å². The second-order valence-electron chi connectivity index (χ2n) is 5.00. The molecule has 0 aliphatic heterocycles. The second-order valence-corrected chi connectivity index (χ2v) is 5.00. The molecule has 0 saturated heterocycles. The van der Waals surface area contributed by atoms with Crippen molar-refractivity contribution in [2.45, 2.75) is 20.3 Å². The summed E-state index contributed by atoms with van der Waals surface area (Å²) in [5, 5.41) is 0.920. The minimum atomic E-state index is -0.494. The Morgan fingerprint density at radius 3 is 2.65 bits per heavy atom. The number of fused-ring (bicyclic) bond motifs is 1. The third-order valence-electron chi connectivity index (χ3n) is 3.27. The lowest BCUT2D eigenvalue weighted by Crippen LogP contribution is -1.94. The Bertz CT molecular complexity index is 811. The van der Waals surface area contributed by atoms with Crippen LogP contribution < -0.4 is 4.74 Å². The van der Waals surface area contributed by atoms with Gasteiger partial charge in [0.15, 0.2) is 0 Å². The van der Waals surface area contributed by atoms with Gasteiger partial charge in [0.1, 0.15) is 5.69 Å². The molecule has 0 amide bonds. The van der Waals surface area contributed by atoms with E-state index in [0.29, 0.717) is 11.4 Å². The van der Waals surface area contributed by atoms with Crippen molar-refractivity contribution in [3.8, 4) is 17.1 Å². The van der Waals surface area contributed by atoms with Gasteiger partial charge < -0.3 is 9.72 Å². The van der Waals surface area contributed by atoms with Gasteiger partial charge in [-0.25, -0.2) is 9.97 Å². The maximum Gasteiger partial charge on any atom is 0.223 e. The summed E-state index contributed by atoms with van der Waals surface area (Å²) in [5.41, 5.74) is 2.68. The van der Waals surface area contributed by atoms with Crippen LogP contribution in [0, 0.1) is 12.9 Å². The smallest absolute Gasteiger partial charge is 0.223 e. The van der Waals surface area contributed by atoms with Crippen molar-refractivity contribution >= 4 is 10.9 Å². The number of benzene rings is 1. The van der Waals surface area contributed by atoms with Gasteiger partial charge >= 0.3 is 0 Å². The molecule has 0 spiro atoms. The number of pyridine rings is 1. The van der Waals surface area contributed by atoms with E-state index < -0.39 is 5.95 Å². The van der Waals surface area contributed by atoms with Gasteiger partial charge in [-0.05, 0) is 31.0 Å². The van der Waals surface area contributed by atoms with Gasteiger partial charge in [-0.3, -0.25) is 0 Å². The van der Waals surface area contributed by atoms with Gasteiger partial charge in [0, 0.05) is 5.39 Å². The van der Waals surface area contributed by atoms with Crippen LogP contribution in [0.1, 0.15) is 18.9 Å². The van der Waals surface area contributed by atoms with Crippen LogP contribution in [0.25, 0.3) is 22.2 Å². The highest BCUT2D eigenvalue weighted by Crippen LogP contribution is 2.31. The molecule has 3 aromatic rings. The van der Waals surface area contributed by atoms with Gasteiger partial charge in [0.2, 0.25) is 11.8 Å². The summed E-state index contributed by atoms with van der Waals surface area (Å²) < 4.78 is 18.9. The van der Waals surface area contributed by atoms with Gasteiger partial charge in [-0.15, -0.1) is 6.58 Å². The largest absolute Gasteiger partial charge is 0.480 e. The van der Waals surface area contributed by atoms with Gasteiger partial charge in [-0.2, -0.15) is 4.39 Å². The first-order valence-electron chi connectivity index (χ1n) is 7.36. The lowest BCUT2D eigenvalue weighted by molar-refractivity contribution is 0.401. The van der Waals surface area contributed by atoms with E-state index in [1.807, 2.05) is 37.3 Å². The maximum absolute atomic E-state index is 13.6. The monoisotopic (exact) mass is 313 g/mol. The predicted molar refractivity (Wildman–Crippen MR) is 91.1 cm³/mol. The number of hydrogen-bond donors (Lipinski definition) is 1. The molecule has 0 atom stereocenters. The van der Waals surface area contributed by atoms with Crippen molar-refractivity contribution in [1.29, 1.82) is 0 Å². The van der Waals surface area contributed by atoms with Crippen molar-refractivity contribution < 1.29 is 9.13 Å². The molecule has 2 aromatic heterocycles. The summed E-state index contributed by atoms with van der Waals surface area (Å²) >= 11 is 0. The Hall–Kier alpha value is -2.69. The topological polar surface area (TPSA) is 50.8 Å². The van der Waals surface area contributed by atoms with Crippen molar-refractivity contribution in [2.75, 3.05) is 7.11 Å². The average Bonchev–Trinajstić information content (AvgIpc) is 2.99. The number of aromatic amines is 1. The molecular weight excluding hydrogens is 293 g/mol. The Balaban J connectivity index is 0.000000433. The van der Waals surface area contributed by atoms with Crippen LogP contribution in [0.5, 0.6) is 5.88 Å². The number of imidazole rings is 1. The van der Waals surface area contributed by atoms with E-state index in [0.717, 1.165) is 22.9 Å². The standard InChI is InChI=1S/C14H12FN3O.C4H8/c1-8-3-4-9-6-10(12-13(15)17-7-16-12)14(19-2)18-11(9)5-8;1-3-4-2/h3-7H,1-2H3,(H,16,17);3H,1,4H2,2H3. The number of H-pyrrole nitrogens is 1. The van der Waals surface area contributed by atoms with Crippen molar-refractivity contribution in [3.05, 3.63) is 54.8 Å². The van der Waals surface area contributed by atoms with Crippen LogP contribution in [0.15, 0.2) is 43.2 Å². The number of aryl methyl sites for hydroxylation is 1. The molecule has 4 nitrogen and oxygen atoms in total. The van der Waals surface area contributed by atoms with Gasteiger partial charge in [0.05, 0.1) is 24.5 Å². The minimum absolute atomic E-state index is 0.215. The average molecular weight is 313 g/mol. The van der Waals surface area contributed by atoms with E-state index in [1.165, 1.54) is 13.4 Å². The Morgan fingerprint density at radius 1 is 1.35 bits per heavy atom. The van der Waals surface area contributed by atoms with E-state index >= 15 is 0 Å². The molecule has 0 fully saturated rings. The molecular formula is C18H20FN3O. The maximum atomic E-state index is 13.6. The third kappa shape index (κ3) is 3.74. The number of nitrogens with zero attached hydrogens (tertiary/aromatic N) is 2. The van der Waals surface area contributed by atoms with Crippen LogP contribution in [0.3, 0.4) is 0 Å². The fourth-order valence-electron chi connectivity index (χ4n) is 2.05. The van der Waals surface area contributed by atoms with Crippen molar-refractivity contribution in [3.63, 3.8) is 0 Å². The predicted octanol–water partition coefficient (Wildman–Crippen LogP) is 4.66. The molecule has 0 radical (unpaired) electrons. The van der Waals surface area contributed by atoms with Crippen molar-refractivity contribution in [2.24, 2.45) is 0 Å². The highest BCUT2D eigenvalue weighted by molar-refractivity contribution is 5.86. The number of methoxy groups -OCH3 is 1. The fourth-order valence-corrected chi connectivity index (χ4v) is 2.05. The highest BCUT2D eigenvalue weighted by atomic mass is 19.1. The molecule has 0 aliphatic rings. The zero-order valence-electron chi connectivity index (χ0n) is 13.6. The molecule has 1 aromatic carbocycles. The minimum Gasteiger partial charge on any atom is -0.480 e. The molecule has 0 unspecified atom stereocenters. The summed E-state index contributed by atoms with van der Waals surface area (Å²) in [5.74, 6) is -0.129. The van der Waals surface area contributed by atoms with E-state index in [2.05, 4.69) is 28.5 Å². The summed E-state index contributed by atoms with van der Waals surface area (Å²) in [6.45, 7) is 7.54. The van der Waals surface area contributed by atoms with E-state index in [1.54, 1.807) is 0 Å². The lowest BCUT2D eigenvalue weighted by Gasteiger charge is -2.08. The molecule has 120 valence electrons. The lowest BCUT2D eigenvalue weighted by atomic mass is 10.1. The number of ether oxygens (including phenoxy) is 1. The van der Waals surface area contributed by atoms with Crippen LogP contribution in [-0.2, 0) is 0 Å². The normalized spacial score (nSPS) is 10.1. The molecule has 3 rings (SSSR count). The SMILES string of the molecule is C=CCC.COc1nc2cc(C)ccc2cc1-c1nc[nH]c1F. The second kappa shape index (κ2) is 7.54. The van der Waals surface area contributed by atoms with Crippen molar-refractivity contribution in [1.82, 2.24) is 15.0 Å². The zero-order chi connectivity index (χ0) is 16.8. The number of nitrogens with one attached hydrogen (secondary N) is 1. The molecule has 1 N–H and O–H groups in total. The summed E-state index contributed by atoms with van der Waals surface area (Å²) in [4.78, 5) is 10.8. The van der Waals surface area contributed by atoms with E-state index in [-0.39, 0.29) is 5.69 Å². The summed E-state index contributed by atoms with van der Waals surface area (Å²) in [6.07, 6.45) is 4.27. The fraction of sp³-hybridized carbons (Fsp3) is 0.222. The quantitative estimate of drug-likeness (QED) is 0.715. The number of hydrogen-bond acceptors (Lipinski definition) is 3. The first-order chi connectivity index (χ1) is 11.1. The Kier molecular flexibility index (Phi) is 5.46. The van der Waals surface area contributed by atoms with E-state index in [4.69, 9.17) is 4.74 Å². The first kappa shape index (κ1) is 16.7. The van der Waals surface area contributed by atoms with Crippen LogP contribution in [0.2, 0.25) is 0 Å². The first-order valence-corrected chi connectivity index (χ1v) is 7.36. The molecule has 2 heterocycles. The number of aromatic nitrogens is 3. The molecule has 0 saturated carbocycles.